The third-order valence-electron chi connectivity index (χ3n) is 2.64. The van der Waals surface area contributed by atoms with E-state index in [4.69, 9.17) is 10.2 Å². The lowest BCUT2D eigenvalue weighted by Gasteiger charge is -1.97. The van der Waals surface area contributed by atoms with Gasteiger partial charge in [-0.1, -0.05) is 0 Å². The van der Waals surface area contributed by atoms with Gasteiger partial charge in [0, 0.05) is 18.0 Å². The smallest absolute Gasteiger partial charge is 0.158 e. The molecule has 0 radical (unpaired) electrons. The van der Waals surface area contributed by atoms with Gasteiger partial charge >= 0.3 is 0 Å². The van der Waals surface area contributed by atoms with Gasteiger partial charge in [-0.2, -0.15) is 5.10 Å². The molecule has 3 rings (SSSR count). The highest BCUT2D eigenvalue weighted by Gasteiger charge is 2.16. The molecule has 3 aromatic heterocycles. The van der Waals surface area contributed by atoms with E-state index in [0.717, 1.165) is 29.1 Å². The number of fused-ring (bicyclic) bond motifs is 1. The van der Waals surface area contributed by atoms with Gasteiger partial charge in [-0.05, 0) is 31.2 Å². The lowest BCUT2D eigenvalue weighted by molar-refractivity contribution is 0.578. The van der Waals surface area contributed by atoms with Crippen molar-refractivity contribution in [3.8, 4) is 11.5 Å². The highest BCUT2D eigenvalue weighted by Crippen LogP contribution is 2.25. The third-order valence-corrected chi connectivity index (χ3v) is 2.64. The molecule has 2 N–H and O–H groups in total. The minimum absolute atomic E-state index is 0.561. The van der Waals surface area contributed by atoms with Crippen LogP contribution in [0.1, 0.15) is 5.56 Å². The third kappa shape index (κ3) is 1.60. The minimum Gasteiger partial charge on any atom is -0.463 e. The molecule has 5 heteroatoms. The maximum absolute atomic E-state index is 5.64. The molecule has 0 aliphatic heterocycles. The maximum atomic E-state index is 5.64. The Labute approximate surface area is 97.9 Å². The number of furan rings is 1. The van der Waals surface area contributed by atoms with E-state index >= 15 is 0 Å². The average molecular weight is 228 g/mol. The summed E-state index contributed by atoms with van der Waals surface area (Å²) in [7, 11) is 0. The molecule has 0 bridgehead atoms. The first kappa shape index (κ1) is 10.0. The second-order valence-electron chi connectivity index (χ2n) is 3.73. The van der Waals surface area contributed by atoms with E-state index in [1.54, 1.807) is 17.0 Å². The van der Waals surface area contributed by atoms with Gasteiger partial charge < -0.3 is 10.2 Å². The standard InChI is InChI=1S/C12H12N4O/c13-5-4-9-11(10-3-1-8-17-10)15-16-7-2-6-14-12(9)16/h1-3,6-8H,4-5,13H2. The molecule has 3 heterocycles. The van der Waals surface area contributed by atoms with Crippen LogP contribution in [0, 0.1) is 0 Å². The first-order chi connectivity index (χ1) is 8.40. The first-order valence-electron chi connectivity index (χ1n) is 5.46. The molecule has 0 spiro atoms. The fraction of sp³-hybridized carbons (Fsp3) is 0.167. The zero-order valence-corrected chi connectivity index (χ0v) is 9.21. The first-order valence-corrected chi connectivity index (χ1v) is 5.46. The Kier molecular flexibility index (Phi) is 2.38. The summed E-state index contributed by atoms with van der Waals surface area (Å²) in [6, 6.07) is 5.58. The van der Waals surface area contributed by atoms with Crippen molar-refractivity contribution < 1.29 is 4.42 Å². The number of hydrogen-bond donors (Lipinski definition) is 1. The average Bonchev–Trinajstić information content (AvgIpc) is 2.97. The summed E-state index contributed by atoms with van der Waals surface area (Å²) in [5.74, 6) is 0.749. The molecule has 0 fully saturated rings. The number of aromatic nitrogens is 3. The summed E-state index contributed by atoms with van der Waals surface area (Å²) >= 11 is 0. The second-order valence-corrected chi connectivity index (χ2v) is 3.73. The predicted octanol–water partition coefficient (Wildman–Crippen LogP) is 1.49. The van der Waals surface area contributed by atoms with E-state index in [2.05, 4.69) is 10.1 Å². The lowest BCUT2D eigenvalue weighted by atomic mass is 10.1. The van der Waals surface area contributed by atoms with E-state index in [1.807, 2.05) is 24.4 Å². The van der Waals surface area contributed by atoms with Crippen molar-refractivity contribution >= 4 is 5.65 Å². The van der Waals surface area contributed by atoms with Crippen molar-refractivity contribution in [3.63, 3.8) is 0 Å². The molecule has 3 aromatic rings. The SMILES string of the molecule is NCCc1c(-c2ccco2)nn2cccnc12. The molecular weight excluding hydrogens is 216 g/mol. The van der Waals surface area contributed by atoms with Crippen LogP contribution in [0.2, 0.25) is 0 Å². The van der Waals surface area contributed by atoms with Gasteiger partial charge in [0.2, 0.25) is 0 Å². The number of hydrogen-bond acceptors (Lipinski definition) is 4. The highest BCUT2D eigenvalue weighted by molar-refractivity contribution is 5.66. The van der Waals surface area contributed by atoms with Crippen molar-refractivity contribution in [1.29, 1.82) is 0 Å². The number of rotatable bonds is 3. The number of nitrogens with zero attached hydrogens (tertiary/aromatic N) is 3. The molecule has 0 saturated heterocycles. The van der Waals surface area contributed by atoms with Gasteiger partial charge in [0.1, 0.15) is 5.69 Å². The van der Waals surface area contributed by atoms with Crippen LogP contribution in [0.5, 0.6) is 0 Å². The Hall–Kier alpha value is -2.14. The minimum atomic E-state index is 0.561. The fourth-order valence-electron chi connectivity index (χ4n) is 1.92. The lowest BCUT2D eigenvalue weighted by Crippen LogP contribution is -2.03. The van der Waals surface area contributed by atoms with Gasteiger partial charge in [-0.3, -0.25) is 0 Å². The summed E-state index contributed by atoms with van der Waals surface area (Å²) in [6.07, 6.45) is 5.99. The molecule has 0 aliphatic carbocycles. The molecule has 0 amide bonds. The summed E-state index contributed by atoms with van der Waals surface area (Å²) in [6.45, 7) is 0.561. The number of nitrogens with two attached hydrogens (primary N) is 1. The van der Waals surface area contributed by atoms with Gasteiger partial charge in [-0.15, -0.1) is 0 Å². The Bertz CT molecular complexity index is 627. The Balaban J connectivity index is 2.26. The highest BCUT2D eigenvalue weighted by atomic mass is 16.3. The molecule has 17 heavy (non-hydrogen) atoms. The molecule has 0 aromatic carbocycles. The summed E-state index contributed by atoms with van der Waals surface area (Å²) in [5, 5.41) is 4.48. The topological polar surface area (TPSA) is 69.3 Å². The van der Waals surface area contributed by atoms with Crippen molar-refractivity contribution in [1.82, 2.24) is 14.6 Å². The van der Waals surface area contributed by atoms with Crippen molar-refractivity contribution in [2.45, 2.75) is 6.42 Å². The Morgan fingerprint density at radius 1 is 1.35 bits per heavy atom. The van der Waals surface area contributed by atoms with Gasteiger partial charge in [-0.25, -0.2) is 9.50 Å². The maximum Gasteiger partial charge on any atom is 0.158 e. The normalized spacial score (nSPS) is 11.1. The Morgan fingerprint density at radius 3 is 3.06 bits per heavy atom. The van der Waals surface area contributed by atoms with Crippen LogP contribution in [-0.2, 0) is 6.42 Å². The van der Waals surface area contributed by atoms with E-state index in [-0.39, 0.29) is 0 Å². The largest absolute Gasteiger partial charge is 0.463 e. The van der Waals surface area contributed by atoms with Crippen molar-refractivity contribution in [2.75, 3.05) is 6.54 Å². The zero-order chi connectivity index (χ0) is 11.7. The zero-order valence-electron chi connectivity index (χ0n) is 9.21. The van der Waals surface area contributed by atoms with E-state index in [1.165, 1.54) is 0 Å². The summed E-state index contributed by atoms with van der Waals surface area (Å²) < 4.78 is 7.14. The van der Waals surface area contributed by atoms with Gasteiger partial charge in [0.05, 0.1) is 6.26 Å². The van der Waals surface area contributed by atoms with E-state index in [9.17, 15) is 0 Å². The van der Waals surface area contributed by atoms with Crippen LogP contribution in [0.25, 0.3) is 17.1 Å². The molecule has 86 valence electrons. The van der Waals surface area contributed by atoms with Crippen LogP contribution in [0.15, 0.2) is 41.3 Å². The fourth-order valence-corrected chi connectivity index (χ4v) is 1.92. The monoisotopic (exact) mass is 228 g/mol. The van der Waals surface area contributed by atoms with E-state index < -0.39 is 0 Å². The summed E-state index contributed by atoms with van der Waals surface area (Å²) in [4.78, 5) is 4.33. The Morgan fingerprint density at radius 2 is 2.29 bits per heavy atom. The van der Waals surface area contributed by atoms with E-state index in [0.29, 0.717) is 6.54 Å². The van der Waals surface area contributed by atoms with Crippen LogP contribution in [-0.4, -0.2) is 21.1 Å². The molecule has 0 aliphatic rings. The molecule has 0 unspecified atom stereocenters. The molecule has 5 nitrogen and oxygen atoms in total. The van der Waals surface area contributed by atoms with Crippen LogP contribution < -0.4 is 5.73 Å². The van der Waals surface area contributed by atoms with Crippen LogP contribution in [0.3, 0.4) is 0 Å². The van der Waals surface area contributed by atoms with Crippen molar-refractivity contribution in [2.24, 2.45) is 5.73 Å². The quantitative estimate of drug-likeness (QED) is 0.737. The van der Waals surface area contributed by atoms with Crippen LogP contribution >= 0.6 is 0 Å². The van der Waals surface area contributed by atoms with Gasteiger partial charge in [0.25, 0.3) is 0 Å². The predicted molar refractivity (Wildman–Crippen MR) is 63.4 cm³/mol. The second kappa shape index (κ2) is 4.03. The summed E-state index contributed by atoms with van der Waals surface area (Å²) in [5.41, 5.74) is 8.32. The molecule has 0 saturated carbocycles. The van der Waals surface area contributed by atoms with Crippen LogP contribution in [0.4, 0.5) is 0 Å². The van der Waals surface area contributed by atoms with Crippen molar-refractivity contribution in [3.05, 3.63) is 42.4 Å². The molecular formula is C12H12N4O. The van der Waals surface area contributed by atoms with Gasteiger partial charge in [0.15, 0.2) is 11.4 Å². The molecule has 0 atom stereocenters.